The molecule has 0 aliphatic heterocycles. The summed E-state index contributed by atoms with van der Waals surface area (Å²) in [6.45, 7) is 2.23. The number of hydrogen-bond donors (Lipinski definition) is 1. The highest BCUT2D eigenvalue weighted by atomic mass is 16.1. The Kier molecular flexibility index (Phi) is 3.63. The van der Waals surface area contributed by atoms with Gasteiger partial charge in [0, 0.05) is 12.0 Å². The lowest BCUT2D eigenvalue weighted by Gasteiger charge is -2.25. The van der Waals surface area contributed by atoms with Gasteiger partial charge in [0.1, 0.15) is 0 Å². The lowest BCUT2D eigenvalue weighted by Crippen LogP contribution is -2.41. The molecular formula is C16H27NO. The Morgan fingerprint density at radius 1 is 1.00 bits per heavy atom. The van der Waals surface area contributed by atoms with E-state index in [9.17, 15) is 4.79 Å². The second-order valence-electron chi connectivity index (χ2n) is 6.97. The van der Waals surface area contributed by atoms with Crippen molar-refractivity contribution < 1.29 is 4.79 Å². The summed E-state index contributed by atoms with van der Waals surface area (Å²) >= 11 is 0. The van der Waals surface area contributed by atoms with Crippen molar-refractivity contribution in [3.8, 4) is 0 Å². The summed E-state index contributed by atoms with van der Waals surface area (Å²) in [5, 5.41) is 3.32. The van der Waals surface area contributed by atoms with Crippen molar-refractivity contribution in [2.45, 2.75) is 70.8 Å². The van der Waals surface area contributed by atoms with Gasteiger partial charge in [0.2, 0.25) is 5.91 Å². The van der Waals surface area contributed by atoms with E-state index in [0.717, 1.165) is 17.8 Å². The minimum Gasteiger partial charge on any atom is -0.353 e. The van der Waals surface area contributed by atoms with E-state index >= 15 is 0 Å². The highest BCUT2D eigenvalue weighted by Crippen LogP contribution is 2.54. The standard InChI is InChI=1S/C16H27NO/c1-11(12-6-4-2-3-5-7-12)17-16(18)15-9-13-8-14(13)10-15/h11-15H,2-10H2,1H3,(H,17,18)/t11-,13?,14?,15?/m0/s1. The first kappa shape index (κ1) is 12.5. The van der Waals surface area contributed by atoms with Crippen molar-refractivity contribution in [3.63, 3.8) is 0 Å². The second kappa shape index (κ2) is 5.22. The average Bonchev–Trinajstić information content (AvgIpc) is 3.06. The summed E-state index contributed by atoms with van der Waals surface area (Å²) in [4.78, 5) is 12.2. The highest BCUT2D eigenvalue weighted by molar-refractivity contribution is 5.79. The first-order valence-corrected chi connectivity index (χ1v) is 8.04. The van der Waals surface area contributed by atoms with Crippen molar-refractivity contribution >= 4 is 5.91 Å². The summed E-state index contributed by atoms with van der Waals surface area (Å²) in [5.41, 5.74) is 0. The van der Waals surface area contributed by atoms with Crippen LogP contribution < -0.4 is 5.32 Å². The highest BCUT2D eigenvalue weighted by Gasteiger charge is 2.48. The van der Waals surface area contributed by atoms with E-state index in [1.165, 1.54) is 57.8 Å². The van der Waals surface area contributed by atoms with Crippen LogP contribution in [0.4, 0.5) is 0 Å². The summed E-state index contributed by atoms with van der Waals surface area (Å²) in [6.07, 6.45) is 11.9. The van der Waals surface area contributed by atoms with E-state index in [0.29, 0.717) is 17.9 Å². The molecule has 0 aromatic heterocycles. The third-order valence-corrected chi connectivity index (χ3v) is 5.59. The number of carbonyl (C=O) groups excluding carboxylic acids is 1. The van der Waals surface area contributed by atoms with Crippen molar-refractivity contribution in [2.75, 3.05) is 0 Å². The Morgan fingerprint density at radius 3 is 2.22 bits per heavy atom. The normalized spacial score (nSPS) is 37.7. The molecule has 0 aromatic carbocycles. The van der Waals surface area contributed by atoms with E-state index in [1.54, 1.807) is 0 Å². The van der Waals surface area contributed by atoms with Gasteiger partial charge >= 0.3 is 0 Å². The van der Waals surface area contributed by atoms with Crippen LogP contribution in [0.1, 0.15) is 64.7 Å². The number of amides is 1. The fraction of sp³-hybridized carbons (Fsp3) is 0.938. The molecule has 102 valence electrons. The molecule has 2 nitrogen and oxygen atoms in total. The maximum absolute atomic E-state index is 12.2. The number of rotatable bonds is 3. The summed E-state index contributed by atoms with van der Waals surface area (Å²) in [6, 6.07) is 0.396. The predicted octanol–water partition coefficient (Wildman–Crippen LogP) is 3.51. The molecule has 0 spiro atoms. The van der Waals surface area contributed by atoms with Crippen LogP contribution in [0.25, 0.3) is 0 Å². The van der Waals surface area contributed by atoms with E-state index in [-0.39, 0.29) is 0 Å². The zero-order valence-electron chi connectivity index (χ0n) is 11.7. The monoisotopic (exact) mass is 249 g/mol. The Bertz CT molecular complexity index is 296. The first-order chi connectivity index (χ1) is 8.74. The minimum atomic E-state index is 0.349. The van der Waals surface area contributed by atoms with Crippen molar-refractivity contribution in [1.29, 1.82) is 0 Å². The molecule has 3 fully saturated rings. The molecule has 2 heteroatoms. The first-order valence-electron chi connectivity index (χ1n) is 8.04. The van der Waals surface area contributed by atoms with Gasteiger partial charge in [-0.25, -0.2) is 0 Å². The Labute approximate surface area is 111 Å². The van der Waals surface area contributed by atoms with Crippen LogP contribution in [0.5, 0.6) is 0 Å². The number of carbonyl (C=O) groups is 1. The van der Waals surface area contributed by atoms with Crippen LogP contribution in [0.2, 0.25) is 0 Å². The Morgan fingerprint density at radius 2 is 1.61 bits per heavy atom. The van der Waals surface area contributed by atoms with Crippen LogP contribution in [0.15, 0.2) is 0 Å². The third kappa shape index (κ3) is 2.73. The molecule has 0 bridgehead atoms. The van der Waals surface area contributed by atoms with Crippen LogP contribution in [0, 0.1) is 23.7 Å². The van der Waals surface area contributed by atoms with E-state index in [2.05, 4.69) is 12.2 Å². The Balaban J connectivity index is 1.47. The smallest absolute Gasteiger partial charge is 0.223 e. The van der Waals surface area contributed by atoms with Crippen LogP contribution in [-0.4, -0.2) is 11.9 Å². The van der Waals surface area contributed by atoms with E-state index in [4.69, 9.17) is 0 Å². The van der Waals surface area contributed by atoms with Gasteiger partial charge in [0.05, 0.1) is 0 Å². The second-order valence-corrected chi connectivity index (χ2v) is 6.97. The van der Waals surface area contributed by atoms with Crippen LogP contribution >= 0.6 is 0 Å². The molecule has 3 aliphatic rings. The quantitative estimate of drug-likeness (QED) is 0.762. The molecule has 2 unspecified atom stereocenters. The number of hydrogen-bond acceptors (Lipinski definition) is 1. The fourth-order valence-electron chi connectivity index (χ4n) is 4.20. The topological polar surface area (TPSA) is 29.1 Å². The molecular weight excluding hydrogens is 222 g/mol. The molecule has 0 heterocycles. The minimum absolute atomic E-state index is 0.349. The molecule has 3 aliphatic carbocycles. The summed E-state index contributed by atoms with van der Waals surface area (Å²) in [5.74, 6) is 3.26. The van der Waals surface area contributed by atoms with E-state index in [1.807, 2.05) is 0 Å². The largest absolute Gasteiger partial charge is 0.353 e. The predicted molar refractivity (Wildman–Crippen MR) is 73.1 cm³/mol. The molecule has 0 aromatic rings. The molecule has 1 N–H and O–H groups in total. The maximum atomic E-state index is 12.2. The zero-order chi connectivity index (χ0) is 12.5. The SMILES string of the molecule is C[C@H](NC(=O)C1CC2CC2C1)C1CCCCCC1. The summed E-state index contributed by atoms with van der Waals surface area (Å²) < 4.78 is 0. The number of fused-ring (bicyclic) bond motifs is 1. The molecule has 0 radical (unpaired) electrons. The van der Waals surface area contributed by atoms with Crippen molar-refractivity contribution in [3.05, 3.63) is 0 Å². The van der Waals surface area contributed by atoms with Gasteiger partial charge in [-0.05, 0) is 56.8 Å². The molecule has 3 saturated carbocycles. The van der Waals surface area contributed by atoms with Gasteiger partial charge in [-0.2, -0.15) is 0 Å². The zero-order valence-corrected chi connectivity index (χ0v) is 11.7. The van der Waals surface area contributed by atoms with Crippen molar-refractivity contribution in [2.24, 2.45) is 23.7 Å². The van der Waals surface area contributed by atoms with Crippen LogP contribution in [-0.2, 0) is 4.79 Å². The van der Waals surface area contributed by atoms with Gasteiger partial charge in [0.25, 0.3) is 0 Å². The molecule has 1 amide bonds. The molecule has 3 atom stereocenters. The van der Waals surface area contributed by atoms with Crippen molar-refractivity contribution in [1.82, 2.24) is 5.32 Å². The maximum Gasteiger partial charge on any atom is 0.223 e. The Hall–Kier alpha value is -0.530. The average molecular weight is 249 g/mol. The summed E-state index contributed by atoms with van der Waals surface area (Å²) in [7, 11) is 0. The fourth-order valence-corrected chi connectivity index (χ4v) is 4.20. The van der Waals surface area contributed by atoms with Gasteiger partial charge in [-0.3, -0.25) is 4.79 Å². The van der Waals surface area contributed by atoms with Gasteiger partial charge in [-0.15, -0.1) is 0 Å². The third-order valence-electron chi connectivity index (χ3n) is 5.59. The lowest BCUT2D eigenvalue weighted by atomic mass is 9.92. The van der Waals surface area contributed by atoms with Gasteiger partial charge < -0.3 is 5.32 Å². The van der Waals surface area contributed by atoms with Crippen LogP contribution in [0.3, 0.4) is 0 Å². The molecule has 18 heavy (non-hydrogen) atoms. The van der Waals surface area contributed by atoms with Gasteiger partial charge in [-0.1, -0.05) is 25.7 Å². The lowest BCUT2D eigenvalue weighted by molar-refractivity contribution is -0.126. The molecule has 3 rings (SSSR count). The van der Waals surface area contributed by atoms with E-state index < -0.39 is 0 Å². The van der Waals surface area contributed by atoms with Gasteiger partial charge in [0.15, 0.2) is 0 Å². The molecule has 0 saturated heterocycles. The number of nitrogens with one attached hydrogen (secondary N) is 1.